The fourth-order valence-electron chi connectivity index (χ4n) is 2.58. The molecular formula is C17H11Cl3FNO2. The summed E-state index contributed by atoms with van der Waals surface area (Å²) in [4.78, 5) is 13.9. The van der Waals surface area contributed by atoms with Crippen molar-refractivity contribution < 1.29 is 13.9 Å². The molecule has 3 rings (SSSR count). The molecular weight excluding hydrogens is 376 g/mol. The molecule has 1 aliphatic rings. The maximum atomic E-state index is 14.4. The zero-order chi connectivity index (χ0) is 17.6. The first kappa shape index (κ1) is 17.1. The highest BCUT2D eigenvalue weighted by Gasteiger charge is 2.36. The third kappa shape index (κ3) is 2.65. The van der Waals surface area contributed by atoms with Crippen molar-refractivity contribution in [2.75, 3.05) is 11.5 Å². The quantitative estimate of drug-likeness (QED) is 0.665. The Labute approximate surface area is 153 Å². The van der Waals surface area contributed by atoms with Crippen LogP contribution in [-0.4, -0.2) is 12.5 Å². The lowest BCUT2D eigenvalue weighted by molar-refractivity contribution is 0.101. The summed E-state index contributed by atoms with van der Waals surface area (Å²) in [5.74, 6) is -0.885. The Bertz CT molecular complexity index is 883. The number of amides is 1. The van der Waals surface area contributed by atoms with E-state index in [1.165, 1.54) is 12.1 Å². The van der Waals surface area contributed by atoms with Gasteiger partial charge < -0.3 is 4.74 Å². The van der Waals surface area contributed by atoms with Crippen molar-refractivity contribution in [1.82, 2.24) is 0 Å². The molecule has 1 heterocycles. The summed E-state index contributed by atoms with van der Waals surface area (Å²) in [7, 11) is 0. The van der Waals surface area contributed by atoms with Crippen molar-refractivity contribution in [3.8, 4) is 5.75 Å². The van der Waals surface area contributed by atoms with Crippen LogP contribution < -0.4 is 9.64 Å². The zero-order valence-electron chi connectivity index (χ0n) is 12.5. The molecule has 24 heavy (non-hydrogen) atoms. The van der Waals surface area contributed by atoms with Crippen LogP contribution >= 0.6 is 34.8 Å². The first-order chi connectivity index (χ1) is 11.3. The first-order valence-corrected chi connectivity index (χ1v) is 8.13. The van der Waals surface area contributed by atoms with E-state index in [1.54, 1.807) is 13.0 Å². The predicted molar refractivity (Wildman–Crippen MR) is 94.9 cm³/mol. The van der Waals surface area contributed by atoms with Crippen LogP contribution in [-0.2, 0) is 0 Å². The van der Waals surface area contributed by atoms with Crippen LogP contribution in [0.5, 0.6) is 5.75 Å². The maximum Gasteiger partial charge on any atom is 0.265 e. The van der Waals surface area contributed by atoms with E-state index in [-0.39, 0.29) is 32.7 Å². The first-order valence-electron chi connectivity index (χ1n) is 6.99. The Morgan fingerprint density at radius 1 is 1.17 bits per heavy atom. The van der Waals surface area contributed by atoms with Crippen LogP contribution in [0.3, 0.4) is 0 Å². The van der Waals surface area contributed by atoms with Crippen LogP contribution in [0.2, 0.25) is 15.1 Å². The molecule has 0 aliphatic carbocycles. The molecule has 0 saturated heterocycles. The summed E-state index contributed by atoms with van der Waals surface area (Å²) in [5, 5.41) is 0.667. The average molecular weight is 387 g/mol. The molecule has 0 bridgehead atoms. The number of halogens is 4. The molecule has 0 unspecified atom stereocenters. The SMILES string of the molecule is C=C1c2cc(Cl)cc(Cl)c2C(=O)N1c1cc(OCC)c(Cl)cc1F. The summed E-state index contributed by atoms with van der Waals surface area (Å²) in [5.41, 5.74) is 0.965. The van der Waals surface area contributed by atoms with E-state index in [0.29, 0.717) is 17.2 Å². The van der Waals surface area contributed by atoms with E-state index >= 15 is 0 Å². The van der Waals surface area contributed by atoms with Gasteiger partial charge >= 0.3 is 0 Å². The number of hydrogen-bond acceptors (Lipinski definition) is 2. The summed E-state index contributed by atoms with van der Waals surface area (Å²) in [6, 6.07) is 5.49. The van der Waals surface area contributed by atoms with Gasteiger partial charge in [0, 0.05) is 16.7 Å². The standard InChI is InChI=1S/C17H11Cl3FNO2/c1-3-24-15-7-14(13(21)6-11(15)19)22-8(2)10-4-9(18)5-12(20)16(10)17(22)23/h4-7H,2-3H2,1H3. The highest BCUT2D eigenvalue weighted by Crippen LogP contribution is 2.43. The second-order valence-corrected chi connectivity index (χ2v) is 6.32. The van der Waals surface area contributed by atoms with Crippen molar-refractivity contribution in [2.24, 2.45) is 0 Å². The number of nitrogens with zero attached hydrogens (tertiary/aromatic N) is 1. The van der Waals surface area contributed by atoms with Crippen LogP contribution in [0.4, 0.5) is 10.1 Å². The molecule has 0 N–H and O–H groups in total. The lowest BCUT2D eigenvalue weighted by Crippen LogP contribution is -2.23. The molecule has 1 amide bonds. The van der Waals surface area contributed by atoms with Gasteiger partial charge in [-0.15, -0.1) is 0 Å². The van der Waals surface area contributed by atoms with E-state index in [2.05, 4.69) is 6.58 Å². The number of carbonyl (C=O) groups is 1. The van der Waals surface area contributed by atoms with E-state index in [4.69, 9.17) is 39.5 Å². The van der Waals surface area contributed by atoms with Gasteiger partial charge in [-0.25, -0.2) is 4.39 Å². The number of hydrogen-bond donors (Lipinski definition) is 0. The van der Waals surface area contributed by atoms with E-state index in [0.717, 1.165) is 11.0 Å². The summed E-state index contributed by atoms with van der Waals surface area (Å²) in [6.45, 7) is 6.00. The summed E-state index contributed by atoms with van der Waals surface area (Å²) < 4.78 is 19.8. The largest absolute Gasteiger partial charge is 0.492 e. The average Bonchev–Trinajstić information content (AvgIpc) is 2.74. The van der Waals surface area contributed by atoms with Crippen molar-refractivity contribution in [3.05, 3.63) is 62.9 Å². The minimum Gasteiger partial charge on any atom is -0.492 e. The van der Waals surface area contributed by atoms with Gasteiger partial charge in [0.1, 0.15) is 11.6 Å². The Morgan fingerprint density at radius 3 is 2.54 bits per heavy atom. The fraction of sp³-hybridized carbons (Fsp3) is 0.118. The van der Waals surface area contributed by atoms with Gasteiger partial charge in [-0.2, -0.15) is 0 Å². The summed E-state index contributed by atoms with van der Waals surface area (Å²) in [6.07, 6.45) is 0. The predicted octanol–water partition coefficient (Wildman–Crippen LogP) is 5.82. The molecule has 0 radical (unpaired) electrons. The van der Waals surface area contributed by atoms with Gasteiger partial charge in [0.25, 0.3) is 5.91 Å². The number of benzene rings is 2. The highest BCUT2D eigenvalue weighted by molar-refractivity contribution is 6.40. The maximum absolute atomic E-state index is 14.4. The second-order valence-electron chi connectivity index (χ2n) is 5.06. The topological polar surface area (TPSA) is 29.5 Å². The van der Waals surface area contributed by atoms with Gasteiger partial charge in [0.05, 0.1) is 33.6 Å². The number of rotatable bonds is 3. The molecule has 0 atom stereocenters. The monoisotopic (exact) mass is 385 g/mol. The number of fused-ring (bicyclic) bond motifs is 1. The van der Waals surface area contributed by atoms with E-state index in [9.17, 15) is 9.18 Å². The molecule has 1 aliphatic heterocycles. The van der Waals surface area contributed by atoms with Gasteiger partial charge in [-0.1, -0.05) is 41.4 Å². The molecule has 0 aromatic heterocycles. The van der Waals surface area contributed by atoms with Crippen molar-refractivity contribution in [1.29, 1.82) is 0 Å². The smallest absolute Gasteiger partial charge is 0.265 e. The number of anilines is 1. The van der Waals surface area contributed by atoms with Gasteiger partial charge in [0.15, 0.2) is 0 Å². The van der Waals surface area contributed by atoms with Crippen molar-refractivity contribution >= 4 is 52.1 Å². The fourth-order valence-corrected chi connectivity index (χ4v) is 3.36. The Kier molecular flexibility index (Phi) is 4.47. The molecule has 124 valence electrons. The molecule has 0 fully saturated rings. The zero-order valence-corrected chi connectivity index (χ0v) is 14.8. The van der Waals surface area contributed by atoms with Gasteiger partial charge in [-0.3, -0.25) is 9.69 Å². The van der Waals surface area contributed by atoms with Crippen LogP contribution in [0, 0.1) is 5.82 Å². The Morgan fingerprint density at radius 2 is 1.88 bits per heavy atom. The molecule has 7 heteroatoms. The molecule has 3 nitrogen and oxygen atoms in total. The van der Waals surface area contributed by atoms with Gasteiger partial charge in [0.2, 0.25) is 0 Å². The third-order valence-electron chi connectivity index (χ3n) is 3.59. The number of carbonyl (C=O) groups excluding carboxylic acids is 1. The molecule has 2 aromatic rings. The Hall–Kier alpha value is -1.75. The minimum atomic E-state index is -0.673. The Balaban J connectivity index is 2.15. The van der Waals surface area contributed by atoms with Crippen LogP contribution in [0.1, 0.15) is 22.8 Å². The van der Waals surface area contributed by atoms with Gasteiger partial charge in [-0.05, 0) is 25.1 Å². The number of ether oxygens (including phenoxy) is 1. The third-order valence-corrected chi connectivity index (χ3v) is 4.41. The highest BCUT2D eigenvalue weighted by atomic mass is 35.5. The lowest BCUT2D eigenvalue weighted by atomic mass is 10.1. The van der Waals surface area contributed by atoms with Crippen molar-refractivity contribution in [2.45, 2.75) is 6.92 Å². The minimum absolute atomic E-state index is 0.0127. The van der Waals surface area contributed by atoms with E-state index < -0.39 is 11.7 Å². The summed E-state index contributed by atoms with van der Waals surface area (Å²) >= 11 is 18.1. The normalized spacial score (nSPS) is 13.5. The van der Waals surface area contributed by atoms with Crippen molar-refractivity contribution in [3.63, 3.8) is 0 Å². The van der Waals surface area contributed by atoms with Crippen LogP contribution in [0.25, 0.3) is 5.70 Å². The van der Waals surface area contributed by atoms with E-state index in [1.807, 2.05) is 0 Å². The molecule has 2 aromatic carbocycles. The molecule has 0 spiro atoms. The van der Waals surface area contributed by atoms with Crippen LogP contribution in [0.15, 0.2) is 30.8 Å². The second kappa shape index (κ2) is 6.28. The molecule has 0 saturated carbocycles. The lowest BCUT2D eigenvalue weighted by Gasteiger charge is -2.19.